The molecule has 2 aromatic carbocycles. The third-order valence-corrected chi connectivity index (χ3v) is 7.13. The predicted molar refractivity (Wildman–Crippen MR) is 92.3 cm³/mol. The molecule has 3 rings (SSSR count). The van der Waals surface area contributed by atoms with Gasteiger partial charge in [-0.2, -0.15) is 0 Å². The minimum atomic E-state index is -3.57. The van der Waals surface area contributed by atoms with E-state index in [0.29, 0.717) is 5.02 Å². The van der Waals surface area contributed by atoms with Crippen LogP contribution in [0.4, 0.5) is 0 Å². The van der Waals surface area contributed by atoms with Gasteiger partial charge >= 0.3 is 0 Å². The Balaban J connectivity index is 2.01. The lowest BCUT2D eigenvalue weighted by molar-refractivity contribution is 0.586. The number of halogens is 1. The van der Waals surface area contributed by atoms with Gasteiger partial charge in [-0.3, -0.25) is 0 Å². The minimum Gasteiger partial charge on any atom is -0.329 e. The Hall–Kier alpha value is -1.40. The summed E-state index contributed by atoms with van der Waals surface area (Å²) >= 11 is 5.84. The summed E-state index contributed by atoms with van der Waals surface area (Å²) < 4.78 is 25.9. The van der Waals surface area contributed by atoms with Gasteiger partial charge in [0.15, 0.2) is 9.84 Å². The summed E-state index contributed by atoms with van der Waals surface area (Å²) in [5, 5.41) is -0.225. The molecular weight excluding hydrogens is 332 g/mol. The zero-order valence-electron chi connectivity index (χ0n) is 12.7. The van der Waals surface area contributed by atoms with Crippen LogP contribution < -0.4 is 11.5 Å². The Morgan fingerprint density at radius 1 is 1.09 bits per heavy atom. The highest BCUT2D eigenvalue weighted by molar-refractivity contribution is 7.92. The van der Waals surface area contributed by atoms with Gasteiger partial charge < -0.3 is 11.5 Å². The fourth-order valence-corrected chi connectivity index (χ4v) is 5.61. The SMILES string of the molecule is Cc1ccc([C@@H]2[C@H](S(=O)(=O)c3ccc(Cl)cc3)[C@@]2(N)CN)cc1. The van der Waals surface area contributed by atoms with Gasteiger partial charge in [-0.1, -0.05) is 41.4 Å². The normalized spacial score (nSPS) is 27.0. The first kappa shape index (κ1) is 16.5. The van der Waals surface area contributed by atoms with Crippen molar-refractivity contribution in [2.75, 3.05) is 6.54 Å². The van der Waals surface area contributed by atoms with Crippen LogP contribution in [-0.2, 0) is 9.84 Å². The molecule has 0 saturated heterocycles. The lowest BCUT2D eigenvalue weighted by Gasteiger charge is -2.09. The van der Waals surface area contributed by atoms with Gasteiger partial charge in [-0.15, -0.1) is 0 Å². The van der Waals surface area contributed by atoms with Crippen molar-refractivity contribution in [3.05, 3.63) is 64.7 Å². The number of sulfone groups is 1. The number of rotatable bonds is 4. The largest absolute Gasteiger partial charge is 0.329 e. The van der Waals surface area contributed by atoms with Crippen LogP contribution in [0.15, 0.2) is 53.4 Å². The molecule has 0 heterocycles. The molecule has 3 atom stereocenters. The molecule has 0 radical (unpaired) electrons. The second-order valence-electron chi connectivity index (χ2n) is 6.12. The van der Waals surface area contributed by atoms with E-state index >= 15 is 0 Å². The molecule has 1 aliphatic rings. The molecule has 0 amide bonds. The summed E-state index contributed by atoms with van der Waals surface area (Å²) in [6.45, 7) is 2.10. The number of aryl methyl sites for hydroxylation is 1. The summed E-state index contributed by atoms with van der Waals surface area (Å²) in [6, 6.07) is 13.9. The van der Waals surface area contributed by atoms with E-state index in [4.69, 9.17) is 23.1 Å². The van der Waals surface area contributed by atoms with Gasteiger partial charge in [0.1, 0.15) is 0 Å². The maximum absolute atomic E-state index is 13.0. The highest BCUT2D eigenvalue weighted by Gasteiger charge is 2.68. The predicted octanol–water partition coefficient (Wildman–Crippen LogP) is 2.24. The Morgan fingerprint density at radius 3 is 2.17 bits per heavy atom. The summed E-state index contributed by atoms with van der Waals surface area (Å²) in [7, 11) is -3.57. The van der Waals surface area contributed by atoms with Crippen LogP contribution >= 0.6 is 11.6 Å². The van der Waals surface area contributed by atoms with Crippen molar-refractivity contribution in [2.45, 2.75) is 28.5 Å². The van der Waals surface area contributed by atoms with Crippen LogP contribution in [0.2, 0.25) is 5.02 Å². The molecule has 0 bridgehead atoms. The molecule has 0 unspecified atom stereocenters. The molecule has 0 spiro atoms. The van der Waals surface area contributed by atoms with Crippen molar-refractivity contribution in [2.24, 2.45) is 11.5 Å². The number of benzene rings is 2. The topological polar surface area (TPSA) is 86.2 Å². The maximum Gasteiger partial charge on any atom is 0.183 e. The Bertz CT molecular complexity index is 819. The van der Waals surface area contributed by atoms with Crippen LogP contribution in [0, 0.1) is 6.92 Å². The van der Waals surface area contributed by atoms with Gasteiger partial charge in [-0.25, -0.2) is 8.42 Å². The quantitative estimate of drug-likeness (QED) is 0.885. The Kier molecular flexibility index (Phi) is 4.01. The van der Waals surface area contributed by atoms with E-state index in [1.54, 1.807) is 12.1 Å². The van der Waals surface area contributed by atoms with Crippen molar-refractivity contribution in [1.82, 2.24) is 0 Å². The van der Waals surface area contributed by atoms with Gasteiger partial charge in [0.25, 0.3) is 0 Å². The van der Waals surface area contributed by atoms with Crippen LogP contribution in [0.5, 0.6) is 0 Å². The summed E-state index contributed by atoms with van der Waals surface area (Å²) in [5.74, 6) is -0.297. The smallest absolute Gasteiger partial charge is 0.183 e. The van der Waals surface area contributed by atoms with Crippen molar-refractivity contribution < 1.29 is 8.42 Å². The van der Waals surface area contributed by atoms with E-state index in [2.05, 4.69) is 0 Å². The van der Waals surface area contributed by atoms with Crippen LogP contribution in [-0.4, -0.2) is 25.8 Å². The minimum absolute atomic E-state index is 0.114. The van der Waals surface area contributed by atoms with E-state index in [1.807, 2.05) is 31.2 Å². The van der Waals surface area contributed by atoms with Crippen molar-refractivity contribution in [1.29, 1.82) is 0 Å². The highest BCUT2D eigenvalue weighted by Crippen LogP contribution is 2.55. The third kappa shape index (κ3) is 2.68. The highest BCUT2D eigenvalue weighted by atomic mass is 35.5. The number of hydrogen-bond acceptors (Lipinski definition) is 4. The van der Waals surface area contributed by atoms with Crippen molar-refractivity contribution >= 4 is 21.4 Å². The molecule has 23 heavy (non-hydrogen) atoms. The van der Waals surface area contributed by atoms with Crippen LogP contribution in [0.25, 0.3) is 0 Å². The van der Waals surface area contributed by atoms with E-state index in [9.17, 15) is 8.42 Å². The monoisotopic (exact) mass is 350 g/mol. The van der Waals surface area contributed by atoms with Gasteiger partial charge in [0.2, 0.25) is 0 Å². The molecule has 2 aromatic rings. The van der Waals surface area contributed by atoms with Gasteiger partial charge in [0.05, 0.1) is 15.7 Å². The molecule has 4 nitrogen and oxygen atoms in total. The standard InChI is InChI=1S/C17H19ClN2O2S/c1-11-2-4-12(5-3-11)15-16(17(15,20)10-19)23(21,22)14-8-6-13(18)7-9-14/h2-9,15-16H,10,19-20H2,1H3/t15-,16+,17-/m1/s1. The first-order valence-electron chi connectivity index (χ1n) is 7.35. The lowest BCUT2D eigenvalue weighted by Crippen LogP contribution is -2.39. The van der Waals surface area contributed by atoms with E-state index < -0.39 is 20.6 Å². The average molecular weight is 351 g/mol. The summed E-state index contributed by atoms with van der Waals surface area (Å²) in [4.78, 5) is 0.227. The fourth-order valence-electron chi connectivity index (χ4n) is 3.16. The zero-order chi connectivity index (χ0) is 16.8. The maximum atomic E-state index is 13.0. The Labute approximate surface area is 141 Å². The number of nitrogens with two attached hydrogens (primary N) is 2. The van der Waals surface area contributed by atoms with E-state index in [0.717, 1.165) is 11.1 Å². The van der Waals surface area contributed by atoms with Crippen LogP contribution in [0.3, 0.4) is 0 Å². The summed E-state index contributed by atoms with van der Waals surface area (Å²) in [5.41, 5.74) is 13.2. The van der Waals surface area contributed by atoms with Crippen LogP contribution in [0.1, 0.15) is 17.0 Å². The van der Waals surface area contributed by atoms with E-state index in [-0.39, 0.29) is 17.4 Å². The molecule has 1 fully saturated rings. The Morgan fingerprint density at radius 2 is 1.65 bits per heavy atom. The lowest BCUT2D eigenvalue weighted by atomic mass is 10.1. The molecule has 1 saturated carbocycles. The third-order valence-electron chi connectivity index (χ3n) is 4.57. The molecule has 0 aliphatic heterocycles. The molecule has 6 heteroatoms. The van der Waals surface area contributed by atoms with Gasteiger partial charge in [0, 0.05) is 17.5 Å². The molecule has 122 valence electrons. The number of hydrogen-bond donors (Lipinski definition) is 2. The fraction of sp³-hybridized carbons (Fsp3) is 0.294. The molecule has 4 N–H and O–H groups in total. The van der Waals surface area contributed by atoms with Gasteiger partial charge in [-0.05, 0) is 36.8 Å². The van der Waals surface area contributed by atoms with Crippen molar-refractivity contribution in [3.8, 4) is 0 Å². The second kappa shape index (κ2) is 5.60. The van der Waals surface area contributed by atoms with Crippen molar-refractivity contribution in [3.63, 3.8) is 0 Å². The molecular formula is C17H19ClN2O2S. The molecule has 1 aliphatic carbocycles. The second-order valence-corrected chi connectivity index (χ2v) is 8.63. The zero-order valence-corrected chi connectivity index (χ0v) is 14.3. The molecule has 0 aromatic heterocycles. The summed E-state index contributed by atoms with van der Waals surface area (Å²) in [6.07, 6.45) is 0. The first-order valence-corrected chi connectivity index (χ1v) is 9.28. The average Bonchev–Trinajstić information content (AvgIpc) is 3.16. The first-order chi connectivity index (χ1) is 10.8. The van der Waals surface area contributed by atoms with E-state index in [1.165, 1.54) is 12.1 Å².